The van der Waals surface area contributed by atoms with Gasteiger partial charge in [0.25, 0.3) is 0 Å². The lowest BCUT2D eigenvalue weighted by atomic mass is 9.93. The van der Waals surface area contributed by atoms with Crippen LogP contribution in [-0.4, -0.2) is 31.1 Å². The Labute approximate surface area is 93.2 Å². The molecule has 0 radical (unpaired) electrons. The van der Waals surface area contributed by atoms with Gasteiger partial charge in [0.1, 0.15) is 6.23 Å². The average Bonchev–Trinajstić information content (AvgIpc) is 2.27. The predicted molar refractivity (Wildman–Crippen MR) is 61.6 cm³/mol. The maximum Gasteiger partial charge on any atom is 0.108 e. The van der Waals surface area contributed by atoms with Crippen LogP contribution in [0.4, 0.5) is 0 Å². The molecule has 0 bridgehead atoms. The van der Waals surface area contributed by atoms with Crippen LogP contribution in [0.1, 0.15) is 40.0 Å². The minimum Gasteiger partial charge on any atom is -0.396 e. The molecular weight excluding hydrogens is 190 g/mol. The zero-order chi connectivity index (χ0) is 11.3. The molecule has 0 spiro atoms. The maximum atomic E-state index is 9.12. The van der Waals surface area contributed by atoms with Crippen LogP contribution in [-0.2, 0) is 4.74 Å². The molecule has 1 aliphatic rings. The van der Waals surface area contributed by atoms with Crippen molar-refractivity contribution in [1.29, 1.82) is 0 Å². The first-order chi connectivity index (χ1) is 7.07. The summed E-state index contributed by atoms with van der Waals surface area (Å²) in [5, 5.41) is 12.5. The van der Waals surface area contributed by atoms with Crippen molar-refractivity contribution >= 4 is 0 Å². The van der Waals surface area contributed by atoms with E-state index < -0.39 is 0 Å². The summed E-state index contributed by atoms with van der Waals surface area (Å²) in [4.78, 5) is 0. The zero-order valence-corrected chi connectivity index (χ0v) is 10.3. The molecule has 1 fully saturated rings. The Kier molecular flexibility index (Phi) is 5.03. The van der Waals surface area contributed by atoms with Crippen molar-refractivity contribution in [3.63, 3.8) is 0 Å². The van der Waals surface area contributed by atoms with Gasteiger partial charge in [-0.3, -0.25) is 5.32 Å². The second-order valence-corrected chi connectivity index (χ2v) is 5.37. The standard InChI is InChI=1S/C12H25NO2/c1-4-10-5-6-13-11(7-10)15-9-12(2,3)8-14/h10-11,13-14H,4-9H2,1-3H3. The Morgan fingerprint density at radius 1 is 1.47 bits per heavy atom. The molecule has 0 aromatic rings. The van der Waals surface area contributed by atoms with Gasteiger partial charge in [-0.1, -0.05) is 27.2 Å². The third kappa shape index (κ3) is 4.49. The van der Waals surface area contributed by atoms with Crippen molar-refractivity contribution in [3.8, 4) is 0 Å². The minimum atomic E-state index is -0.124. The van der Waals surface area contributed by atoms with E-state index in [1.807, 2.05) is 13.8 Å². The van der Waals surface area contributed by atoms with E-state index in [4.69, 9.17) is 9.84 Å². The van der Waals surface area contributed by atoms with E-state index >= 15 is 0 Å². The molecule has 2 unspecified atom stereocenters. The van der Waals surface area contributed by atoms with Crippen LogP contribution in [0.2, 0.25) is 0 Å². The summed E-state index contributed by atoms with van der Waals surface area (Å²) in [6, 6.07) is 0. The average molecular weight is 215 g/mol. The molecule has 15 heavy (non-hydrogen) atoms. The van der Waals surface area contributed by atoms with E-state index in [1.54, 1.807) is 0 Å². The summed E-state index contributed by atoms with van der Waals surface area (Å²) in [5.74, 6) is 0.800. The van der Waals surface area contributed by atoms with Crippen molar-refractivity contribution in [3.05, 3.63) is 0 Å². The Bertz CT molecular complexity index is 182. The highest BCUT2D eigenvalue weighted by Gasteiger charge is 2.24. The lowest BCUT2D eigenvalue weighted by molar-refractivity contribution is -0.0509. The van der Waals surface area contributed by atoms with Crippen LogP contribution < -0.4 is 5.32 Å². The molecule has 0 aromatic carbocycles. The lowest BCUT2D eigenvalue weighted by Gasteiger charge is -2.32. The van der Waals surface area contributed by atoms with E-state index in [2.05, 4.69) is 12.2 Å². The number of aliphatic hydroxyl groups excluding tert-OH is 1. The molecule has 2 atom stereocenters. The maximum absolute atomic E-state index is 9.12. The fourth-order valence-electron chi connectivity index (χ4n) is 1.82. The van der Waals surface area contributed by atoms with Gasteiger partial charge < -0.3 is 9.84 Å². The molecule has 3 heteroatoms. The summed E-state index contributed by atoms with van der Waals surface area (Å²) >= 11 is 0. The topological polar surface area (TPSA) is 41.5 Å². The Hall–Kier alpha value is -0.120. The van der Waals surface area contributed by atoms with Crippen LogP contribution in [0.5, 0.6) is 0 Å². The highest BCUT2D eigenvalue weighted by Crippen LogP contribution is 2.22. The third-order valence-electron chi connectivity index (χ3n) is 3.15. The van der Waals surface area contributed by atoms with Crippen molar-refractivity contribution < 1.29 is 9.84 Å². The lowest BCUT2D eigenvalue weighted by Crippen LogP contribution is -2.41. The van der Waals surface area contributed by atoms with Gasteiger partial charge in [-0.25, -0.2) is 0 Å². The Morgan fingerprint density at radius 3 is 2.80 bits per heavy atom. The number of hydrogen-bond acceptors (Lipinski definition) is 3. The Morgan fingerprint density at radius 2 is 2.20 bits per heavy atom. The number of ether oxygens (including phenoxy) is 1. The molecule has 2 N–H and O–H groups in total. The van der Waals surface area contributed by atoms with Crippen molar-refractivity contribution in [2.24, 2.45) is 11.3 Å². The largest absolute Gasteiger partial charge is 0.396 e. The molecule has 1 heterocycles. The highest BCUT2D eigenvalue weighted by atomic mass is 16.5. The van der Waals surface area contributed by atoms with Crippen molar-refractivity contribution in [1.82, 2.24) is 5.32 Å². The van der Waals surface area contributed by atoms with Crippen molar-refractivity contribution in [2.45, 2.75) is 46.3 Å². The summed E-state index contributed by atoms with van der Waals surface area (Å²) in [6.07, 6.45) is 3.80. The molecule has 3 nitrogen and oxygen atoms in total. The predicted octanol–water partition coefficient (Wildman–Crippen LogP) is 1.76. The molecule has 0 aromatic heterocycles. The van der Waals surface area contributed by atoms with Gasteiger partial charge in [0.05, 0.1) is 13.2 Å². The highest BCUT2D eigenvalue weighted by molar-refractivity contribution is 4.73. The molecule has 1 saturated heterocycles. The van der Waals surface area contributed by atoms with Gasteiger partial charge in [0.15, 0.2) is 0 Å². The molecule has 90 valence electrons. The number of aliphatic hydroxyl groups is 1. The first-order valence-electron chi connectivity index (χ1n) is 6.03. The van der Waals surface area contributed by atoms with Crippen LogP contribution in [0.3, 0.4) is 0 Å². The molecule has 0 amide bonds. The first-order valence-corrected chi connectivity index (χ1v) is 6.03. The summed E-state index contributed by atoms with van der Waals surface area (Å²) in [6.45, 7) is 8.14. The van der Waals surface area contributed by atoms with Crippen LogP contribution in [0.25, 0.3) is 0 Å². The van der Waals surface area contributed by atoms with Gasteiger partial charge in [0, 0.05) is 5.41 Å². The second-order valence-electron chi connectivity index (χ2n) is 5.37. The SMILES string of the molecule is CCC1CCNC(OCC(C)(C)CO)C1. The smallest absolute Gasteiger partial charge is 0.108 e. The van der Waals surface area contributed by atoms with E-state index in [0.29, 0.717) is 6.61 Å². The second kappa shape index (κ2) is 5.83. The van der Waals surface area contributed by atoms with Gasteiger partial charge in [-0.15, -0.1) is 0 Å². The van der Waals surface area contributed by atoms with Gasteiger partial charge >= 0.3 is 0 Å². The molecule has 1 aliphatic heterocycles. The number of nitrogens with one attached hydrogen (secondary N) is 1. The van der Waals surface area contributed by atoms with E-state index in [1.165, 1.54) is 12.8 Å². The van der Waals surface area contributed by atoms with Crippen LogP contribution in [0.15, 0.2) is 0 Å². The van der Waals surface area contributed by atoms with E-state index in [-0.39, 0.29) is 18.2 Å². The zero-order valence-electron chi connectivity index (χ0n) is 10.3. The van der Waals surface area contributed by atoms with Crippen molar-refractivity contribution in [2.75, 3.05) is 19.8 Å². The quantitative estimate of drug-likeness (QED) is 0.734. The van der Waals surface area contributed by atoms with Gasteiger partial charge in [-0.05, 0) is 25.3 Å². The van der Waals surface area contributed by atoms with E-state index in [9.17, 15) is 0 Å². The fraction of sp³-hybridized carbons (Fsp3) is 1.00. The normalized spacial score (nSPS) is 28.0. The summed E-state index contributed by atoms with van der Waals surface area (Å²) in [5.41, 5.74) is -0.124. The van der Waals surface area contributed by atoms with Crippen LogP contribution in [0, 0.1) is 11.3 Å². The molecule has 1 rings (SSSR count). The summed E-state index contributed by atoms with van der Waals surface area (Å²) in [7, 11) is 0. The fourth-order valence-corrected chi connectivity index (χ4v) is 1.82. The van der Waals surface area contributed by atoms with Gasteiger partial charge in [0.2, 0.25) is 0 Å². The summed E-state index contributed by atoms with van der Waals surface area (Å²) < 4.78 is 5.80. The van der Waals surface area contributed by atoms with E-state index in [0.717, 1.165) is 18.9 Å². The number of piperidine rings is 1. The third-order valence-corrected chi connectivity index (χ3v) is 3.15. The molecule has 0 saturated carbocycles. The molecule has 0 aliphatic carbocycles. The van der Waals surface area contributed by atoms with Gasteiger partial charge in [-0.2, -0.15) is 0 Å². The minimum absolute atomic E-state index is 0.124. The number of rotatable bonds is 5. The first kappa shape index (κ1) is 12.9. The number of hydrogen-bond donors (Lipinski definition) is 2. The molecular formula is C12H25NO2. The Balaban J connectivity index is 2.26. The van der Waals surface area contributed by atoms with Crippen LogP contribution >= 0.6 is 0 Å². The monoisotopic (exact) mass is 215 g/mol.